The molecule has 2 aliphatic rings. The van der Waals surface area contributed by atoms with Crippen molar-refractivity contribution in [1.82, 2.24) is 5.32 Å². The molecule has 1 aliphatic carbocycles. The van der Waals surface area contributed by atoms with Gasteiger partial charge in [0.15, 0.2) is 17.3 Å². The van der Waals surface area contributed by atoms with E-state index in [4.69, 9.17) is 4.74 Å². The second-order valence-electron chi connectivity index (χ2n) is 7.75. The fourth-order valence-corrected chi connectivity index (χ4v) is 4.29. The second-order valence-corrected chi connectivity index (χ2v) is 7.75. The van der Waals surface area contributed by atoms with Gasteiger partial charge in [0.2, 0.25) is 0 Å². The summed E-state index contributed by atoms with van der Waals surface area (Å²) in [5.41, 5.74) is 1.79. The van der Waals surface area contributed by atoms with Crippen LogP contribution in [0.2, 0.25) is 0 Å². The Bertz CT molecular complexity index is 1170. The number of allylic oxidation sites excluding steroid dienone is 3. The SMILES string of the molecule is COc1cc(C2C(C(=O)Nc3c(F)cccc3F)=C(C)NC3=C2C(=O)CCC3)ccc1O. The molecule has 1 unspecified atom stereocenters. The van der Waals surface area contributed by atoms with Gasteiger partial charge in [0, 0.05) is 34.9 Å². The van der Waals surface area contributed by atoms with Crippen molar-refractivity contribution in [2.75, 3.05) is 12.4 Å². The zero-order valence-electron chi connectivity index (χ0n) is 17.6. The van der Waals surface area contributed by atoms with E-state index in [2.05, 4.69) is 10.6 Å². The molecule has 8 heteroatoms. The monoisotopic (exact) mass is 440 g/mol. The maximum atomic E-state index is 14.2. The lowest BCUT2D eigenvalue weighted by atomic mass is 9.75. The molecule has 6 nitrogen and oxygen atoms in total. The quantitative estimate of drug-likeness (QED) is 0.660. The molecule has 1 aliphatic heterocycles. The smallest absolute Gasteiger partial charge is 0.254 e. The third-order valence-electron chi connectivity index (χ3n) is 5.76. The first-order valence-corrected chi connectivity index (χ1v) is 10.2. The van der Waals surface area contributed by atoms with Gasteiger partial charge in [-0.2, -0.15) is 0 Å². The number of carbonyl (C=O) groups is 2. The van der Waals surface area contributed by atoms with Crippen LogP contribution in [0.4, 0.5) is 14.5 Å². The standard InChI is InChI=1S/C24H22F2N2O4/c1-12-20(24(31)28-23-14(25)5-3-6-15(23)26)21(13-9-10-17(29)19(11-13)32-2)22-16(27-12)7-4-8-18(22)30/h3,5-6,9-11,21,27,29H,4,7-8H2,1-2H3,(H,28,31). The van der Waals surface area contributed by atoms with Crippen LogP contribution in [0.3, 0.4) is 0 Å². The molecular formula is C24H22F2N2O4. The molecule has 2 aromatic carbocycles. The topological polar surface area (TPSA) is 87.7 Å². The van der Waals surface area contributed by atoms with E-state index in [0.29, 0.717) is 36.1 Å². The highest BCUT2D eigenvalue weighted by molar-refractivity contribution is 6.09. The number of ketones is 1. The Morgan fingerprint density at radius 2 is 1.91 bits per heavy atom. The van der Waals surface area contributed by atoms with E-state index in [1.54, 1.807) is 19.1 Å². The van der Waals surface area contributed by atoms with E-state index >= 15 is 0 Å². The van der Waals surface area contributed by atoms with Crippen LogP contribution in [0.5, 0.6) is 11.5 Å². The van der Waals surface area contributed by atoms with Crippen molar-refractivity contribution in [3.8, 4) is 11.5 Å². The first-order valence-electron chi connectivity index (χ1n) is 10.2. The molecule has 0 radical (unpaired) electrons. The van der Waals surface area contributed by atoms with E-state index in [1.807, 2.05) is 0 Å². The minimum atomic E-state index is -0.906. The number of benzene rings is 2. The normalized spacial score (nSPS) is 18.2. The predicted molar refractivity (Wildman–Crippen MR) is 114 cm³/mol. The van der Waals surface area contributed by atoms with Crippen LogP contribution in [-0.4, -0.2) is 23.9 Å². The van der Waals surface area contributed by atoms with E-state index in [0.717, 1.165) is 17.8 Å². The van der Waals surface area contributed by atoms with Crippen LogP contribution in [-0.2, 0) is 9.59 Å². The molecule has 1 heterocycles. The number of ether oxygens (including phenoxy) is 1. The number of phenols is 1. The van der Waals surface area contributed by atoms with Gasteiger partial charge in [0.1, 0.15) is 17.3 Å². The number of para-hydroxylation sites is 1. The molecule has 2 aromatic rings. The zero-order chi connectivity index (χ0) is 23.0. The van der Waals surface area contributed by atoms with Gasteiger partial charge in [-0.25, -0.2) is 8.78 Å². The lowest BCUT2D eigenvalue weighted by molar-refractivity contribution is -0.116. The average Bonchev–Trinajstić information content (AvgIpc) is 2.76. The summed E-state index contributed by atoms with van der Waals surface area (Å²) >= 11 is 0. The van der Waals surface area contributed by atoms with Crippen LogP contribution in [0.25, 0.3) is 0 Å². The Kier molecular flexibility index (Phi) is 5.69. The summed E-state index contributed by atoms with van der Waals surface area (Å²) in [6.07, 6.45) is 1.66. The van der Waals surface area contributed by atoms with E-state index in [9.17, 15) is 23.5 Å². The van der Waals surface area contributed by atoms with Crippen molar-refractivity contribution >= 4 is 17.4 Å². The van der Waals surface area contributed by atoms with Crippen LogP contribution in [0, 0.1) is 11.6 Å². The largest absolute Gasteiger partial charge is 0.504 e. The van der Waals surface area contributed by atoms with E-state index < -0.39 is 29.1 Å². The molecule has 1 amide bonds. The van der Waals surface area contributed by atoms with Gasteiger partial charge >= 0.3 is 0 Å². The molecule has 0 fully saturated rings. The number of rotatable bonds is 4. The van der Waals surface area contributed by atoms with E-state index in [1.165, 1.54) is 19.2 Å². The summed E-state index contributed by atoms with van der Waals surface area (Å²) in [6, 6.07) is 7.88. The molecule has 0 saturated heterocycles. The lowest BCUT2D eigenvalue weighted by Crippen LogP contribution is -2.35. The number of hydrogen-bond donors (Lipinski definition) is 3. The molecule has 0 aromatic heterocycles. The number of Topliss-reactive ketones (excluding diaryl/α,β-unsaturated/α-hetero) is 1. The van der Waals surface area contributed by atoms with Gasteiger partial charge in [0.25, 0.3) is 5.91 Å². The van der Waals surface area contributed by atoms with Gasteiger partial charge in [-0.1, -0.05) is 12.1 Å². The van der Waals surface area contributed by atoms with Gasteiger partial charge in [0.05, 0.1) is 7.11 Å². The first-order chi connectivity index (χ1) is 15.3. The summed E-state index contributed by atoms with van der Waals surface area (Å²) in [6.45, 7) is 1.68. The van der Waals surface area contributed by atoms with Crippen LogP contribution in [0.15, 0.2) is 58.9 Å². The van der Waals surface area contributed by atoms with Crippen LogP contribution in [0.1, 0.15) is 37.7 Å². The van der Waals surface area contributed by atoms with Crippen molar-refractivity contribution in [1.29, 1.82) is 0 Å². The van der Waals surface area contributed by atoms with Crippen molar-refractivity contribution < 1.29 is 28.2 Å². The minimum Gasteiger partial charge on any atom is -0.504 e. The Hall–Kier alpha value is -3.68. The highest BCUT2D eigenvalue weighted by Gasteiger charge is 2.39. The molecular weight excluding hydrogens is 418 g/mol. The van der Waals surface area contributed by atoms with E-state index in [-0.39, 0.29) is 22.9 Å². The Balaban J connectivity index is 1.84. The number of methoxy groups -OCH3 is 1. The molecule has 1 atom stereocenters. The Labute approximate surface area is 183 Å². The number of amides is 1. The van der Waals surface area contributed by atoms with Gasteiger partial charge in [-0.05, 0) is 49.6 Å². The highest BCUT2D eigenvalue weighted by atomic mass is 19.1. The van der Waals surface area contributed by atoms with Gasteiger partial charge in [-0.15, -0.1) is 0 Å². The molecule has 0 saturated carbocycles. The van der Waals surface area contributed by atoms with Crippen molar-refractivity contribution in [2.45, 2.75) is 32.1 Å². The molecule has 3 N–H and O–H groups in total. The second kappa shape index (κ2) is 8.45. The molecule has 166 valence electrons. The number of dihydropyridines is 1. The van der Waals surface area contributed by atoms with Crippen molar-refractivity contribution in [3.05, 3.63) is 76.1 Å². The summed E-state index contributed by atoms with van der Waals surface area (Å²) in [5, 5.41) is 15.5. The van der Waals surface area contributed by atoms with Crippen molar-refractivity contribution in [2.24, 2.45) is 0 Å². The van der Waals surface area contributed by atoms with Crippen LogP contribution < -0.4 is 15.4 Å². The molecule has 0 bridgehead atoms. The molecule has 0 spiro atoms. The van der Waals surface area contributed by atoms with Crippen molar-refractivity contribution in [3.63, 3.8) is 0 Å². The third-order valence-corrected chi connectivity index (χ3v) is 5.76. The lowest BCUT2D eigenvalue weighted by Gasteiger charge is -2.34. The molecule has 32 heavy (non-hydrogen) atoms. The summed E-state index contributed by atoms with van der Waals surface area (Å²) in [4.78, 5) is 26.2. The zero-order valence-corrected chi connectivity index (χ0v) is 17.6. The maximum Gasteiger partial charge on any atom is 0.254 e. The number of nitrogens with one attached hydrogen (secondary N) is 2. The summed E-state index contributed by atoms with van der Waals surface area (Å²) in [5.74, 6) is -3.35. The first kappa shape index (κ1) is 21.5. The van der Waals surface area contributed by atoms with Gasteiger partial charge in [-0.3, -0.25) is 9.59 Å². The summed E-state index contributed by atoms with van der Waals surface area (Å²) < 4.78 is 33.6. The maximum absolute atomic E-state index is 14.2. The number of carbonyl (C=O) groups excluding carboxylic acids is 2. The number of aromatic hydroxyl groups is 1. The number of halogens is 2. The third kappa shape index (κ3) is 3.72. The fraction of sp³-hybridized carbons (Fsp3) is 0.250. The number of hydrogen-bond acceptors (Lipinski definition) is 5. The number of phenolic OH excluding ortho intramolecular Hbond substituents is 1. The number of anilines is 1. The fourth-order valence-electron chi connectivity index (χ4n) is 4.29. The predicted octanol–water partition coefficient (Wildman–Crippen LogP) is 4.29. The Morgan fingerprint density at radius 3 is 2.59 bits per heavy atom. The molecule has 4 rings (SSSR count). The highest BCUT2D eigenvalue weighted by Crippen LogP contribution is 2.44. The Morgan fingerprint density at radius 1 is 1.19 bits per heavy atom. The summed E-state index contributed by atoms with van der Waals surface area (Å²) in [7, 11) is 1.40. The minimum absolute atomic E-state index is 0.0884. The van der Waals surface area contributed by atoms with Gasteiger partial charge < -0.3 is 20.5 Å². The average molecular weight is 440 g/mol. The van der Waals surface area contributed by atoms with Crippen LogP contribution >= 0.6 is 0 Å².